The van der Waals surface area contributed by atoms with Gasteiger partial charge in [0.25, 0.3) is 0 Å². The van der Waals surface area contributed by atoms with Crippen LogP contribution in [-0.4, -0.2) is 32.1 Å². The molecule has 1 heterocycles. The lowest BCUT2D eigenvalue weighted by Gasteiger charge is -2.33. The minimum Gasteiger partial charge on any atom is -0.496 e. The summed E-state index contributed by atoms with van der Waals surface area (Å²) in [5, 5.41) is 0. The Morgan fingerprint density at radius 3 is 2.59 bits per heavy atom. The number of hydrogen-bond donors (Lipinski definition) is 1. The normalized spacial score (nSPS) is 20.2. The van der Waals surface area contributed by atoms with Gasteiger partial charge >= 0.3 is 0 Å². The van der Waals surface area contributed by atoms with E-state index >= 15 is 0 Å². The molecule has 1 aliphatic heterocycles. The molecule has 0 bridgehead atoms. The van der Waals surface area contributed by atoms with Gasteiger partial charge in [0.15, 0.2) is 0 Å². The van der Waals surface area contributed by atoms with Crippen LogP contribution in [0, 0.1) is 5.92 Å². The summed E-state index contributed by atoms with van der Waals surface area (Å²) in [4.78, 5) is 2.37. The van der Waals surface area contributed by atoms with Gasteiger partial charge in [-0.05, 0) is 45.0 Å². The molecule has 0 saturated carbocycles. The molecular formula is C14H22N2O. The first kappa shape index (κ1) is 12.4. The summed E-state index contributed by atoms with van der Waals surface area (Å²) in [5.41, 5.74) is 7.54. The van der Waals surface area contributed by atoms with Gasteiger partial charge in [-0.3, -0.25) is 0 Å². The molecule has 1 fully saturated rings. The molecule has 2 rings (SSSR count). The minimum absolute atomic E-state index is 0.0971. The van der Waals surface area contributed by atoms with E-state index in [4.69, 9.17) is 10.5 Å². The summed E-state index contributed by atoms with van der Waals surface area (Å²) in [7, 11) is 3.88. The van der Waals surface area contributed by atoms with Gasteiger partial charge in [-0.2, -0.15) is 0 Å². The second kappa shape index (κ2) is 5.52. The lowest BCUT2D eigenvalue weighted by atomic mass is 9.86. The van der Waals surface area contributed by atoms with Crippen molar-refractivity contribution in [3.63, 3.8) is 0 Å². The quantitative estimate of drug-likeness (QED) is 0.869. The van der Waals surface area contributed by atoms with Crippen LogP contribution in [0.25, 0.3) is 0 Å². The maximum absolute atomic E-state index is 6.39. The number of nitrogens with two attached hydrogens (primary N) is 1. The summed E-state index contributed by atoms with van der Waals surface area (Å²) in [6.45, 7) is 2.29. The van der Waals surface area contributed by atoms with E-state index in [0.717, 1.165) is 24.4 Å². The van der Waals surface area contributed by atoms with Gasteiger partial charge in [-0.1, -0.05) is 18.2 Å². The van der Waals surface area contributed by atoms with Gasteiger partial charge in [0, 0.05) is 11.6 Å². The van der Waals surface area contributed by atoms with Crippen molar-refractivity contribution in [3.8, 4) is 5.75 Å². The average molecular weight is 234 g/mol. The third kappa shape index (κ3) is 2.79. The number of methoxy groups -OCH3 is 1. The number of rotatable bonds is 3. The highest BCUT2D eigenvalue weighted by molar-refractivity contribution is 5.36. The van der Waals surface area contributed by atoms with Crippen LogP contribution >= 0.6 is 0 Å². The van der Waals surface area contributed by atoms with E-state index in [0.29, 0.717) is 5.92 Å². The van der Waals surface area contributed by atoms with E-state index in [-0.39, 0.29) is 6.04 Å². The van der Waals surface area contributed by atoms with E-state index in [9.17, 15) is 0 Å². The molecule has 1 atom stereocenters. The number of likely N-dealkylation sites (tertiary alicyclic amines) is 1. The summed E-state index contributed by atoms with van der Waals surface area (Å²) < 4.78 is 5.39. The van der Waals surface area contributed by atoms with E-state index in [1.165, 1.54) is 12.8 Å². The third-order valence-electron chi connectivity index (χ3n) is 3.77. The number of benzene rings is 1. The molecule has 1 aromatic carbocycles. The van der Waals surface area contributed by atoms with Crippen molar-refractivity contribution in [1.29, 1.82) is 0 Å². The summed E-state index contributed by atoms with van der Waals surface area (Å²) in [5.74, 6) is 1.49. The number of piperidine rings is 1. The van der Waals surface area contributed by atoms with Crippen molar-refractivity contribution in [2.75, 3.05) is 27.2 Å². The summed E-state index contributed by atoms with van der Waals surface area (Å²) in [6, 6.07) is 8.20. The van der Waals surface area contributed by atoms with Crippen molar-refractivity contribution in [2.24, 2.45) is 11.7 Å². The fourth-order valence-electron chi connectivity index (χ4n) is 2.58. The predicted molar refractivity (Wildman–Crippen MR) is 70.1 cm³/mol. The van der Waals surface area contributed by atoms with Gasteiger partial charge in [-0.15, -0.1) is 0 Å². The van der Waals surface area contributed by atoms with E-state index in [2.05, 4.69) is 18.0 Å². The van der Waals surface area contributed by atoms with Crippen LogP contribution in [0.3, 0.4) is 0 Å². The standard InChI is InChI=1S/C14H22N2O/c1-16-9-7-11(8-10-16)14(15)12-5-3-4-6-13(12)17-2/h3-6,11,14H,7-10,15H2,1-2H3. The Bertz CT molecular complexity index is 359. The molecule has 1 aromatic rings. The molecule has 3 heteroatoms. The Labute approximate surface area is 104 Å². The van der Waals surface area contributed by atoms with E-state index in [1.54, 1.807) is 7.11 Å². The Hall–Kier alpha value is -1.06. The maximum Gasteiger partial charge on any atom is 0.123 e. The van der Waals surface area contributed by atoms with Gasteiger partial charge in [0.1, 0.15) is 5.75 Å². The van der Waals surface area contributed by atoms with Gasteiger partial charge in [0.05, 0.1) is 7.11 Å². The zero-order valence-electron chi connectivity index (χ0n) is 10.7. The van der Waals surface area contributed by atoms with Crippen molar-refractivity contribution in [3.05, 3.63) is 29.8 Å². The van der Waals surface area contributed by atoms with Crippen molar-refractivity contribution < 1.29 is 4.74 Å². The van der Waals surface area contributed by atoms with Crippen LogP contribution < -0.4 is 10.5 Å². The lowest BCUT2D eigenvalue weighted by molar-refractivity contribution is 0.198. The molecule has 0 radical (unpaired) electrons. The van der Waals surface area contributed by atoms with Crippen LogP contribution in [0.15, 0.2) is 24.3 Å². The number of nitrogens with zero attached hydrogens (tertiary/aromatic N) is 1. The van der Waals surface area contributed by atoms with Crippen LogP contribution in [0.2, 0.25) is 0 Å². The zero-order chi connectivity index (χ0) is 12.3. The first-order valence-electron chi connectivity index (χ1n) is 6.29. The predicted octanol–water partition coefficient (Wildman–Crippen LogP) is 2.04. The smallest absolute Gasteiger partial charge is 0.123 e. The molecule has 94 valence electrons. The highest BCUT2D eigenvalue weighted by Gasteiger charge is 2.25. The lowest BCUT2D eigenvalue weighted by Crippen LogP contribution is -2.35. The van der Waals surface area contributed by atoms with Crippen LogP contribution in [0.1, 0.15) is 24.4 Å². The Morgan fingerprint density at radius 2 is 1.94 bits per heavy atom. The van der Waals surface area contributed by atoms with Crippen molar-refractivity contribution in [1.82, 2.24) is 4.90 Å². The van der Waals surface area contributed by atoms with Crippen LogP contribution in [-0.2, 0) is 0 Å². The van der Waals surface area contributed by atoms with E-state index < -0.39 is 0 Å². The number of ether oxygens (including phenoxy) is 1. The van der Waals surface area contributed by atoms with Crippen molar-refractivity contribution >= 4 is 0 Å². The SMILES string of the molecule is COc1ccccc1C(N)C1CCN(C)CC1. The minimum atomic E-state index is 0.0971. The molecule has 2 N–H and O–H groups in total. The molecule has 17 heavy (non-hydrogen) atoms. The van der Waals surface area contributed by atoms with E-state index in [1.807, 2.05) is 18.2 Å². The largest absolute Gasteiger partial charge is 0.496 e. The van der Waals surface area contributed by atoms with Crippen LogP contribution in [0.4, 0.5) is 0 Å². The maximum atomic E-state index is 6.39. The first-order valence-corrected chi connectivity index (χ1v) is 6.29. The molecule has 1 aliphatic rings. The number of para-hydroxylation sites is 1. The monoisotopic (exact) mass is 234 g/mol. The molecule has 3 nitrogen and oxygen atoms in total. The van der Waals surface area contributed by atoms with Crippen molar-refractivity contribution in [2.45, 2.75) is 18.9 Å². The molecule has 0 amide bonds. The average Bonchev–Trinajstić information content (AvgIpc) is 2.39. The Balaban J connectivity index is 2.10. The van der Waals surface area contributed by atoms with Gasteiger partial charge in [0.2, 0.25) is 0 Å². The fourth-order valence-corrected chi connectivity index (χ4v) is 2.58. The first-order chi connectivity index (χ1) is 8.22. The highest BCUT2D eigenvalue weighted by atomic mass is 16.5. The third-order valence-corrected chi connectivity index (χ3v) is 3.77. The number of hydrogen-bond acceptors (Lipinski definition) is 3. The molecule has 0 spiro atoms. The second-order valence-corrected chi connectivity index (χ2v) is 4.91. The second-order valence-electron chi connectivity index (χ2n) is 4.91. The highest BCUT2D eigenvalue weighted by Crippen LogP contribution is 2.33. The topological polar surface area (TPSA) is 38.5 Å². The van der Waals surface area contributed by atoms with Gasteiger partial charge < -0.3 is 15.4 Å². The van der Waals surface area contributed by atoms with Gasteiger partial charge in [-0.25, -0.2) is 0 Å². The van der Waals surface area contributed by atoms with Crippen LogP contribution in [0.5, 0.6) is 5.75 Å². The Kier molecular flexibility index (Phi) is 4.02. The summed E-state index contributed by atoms with van der Waals surface area (Å²) >= 11 is 0. The molecule has 0 aliphatic carbocycles. The molecule has 1 saturated heterocycles. The molecule has 1 unspecified atom stereocenters. The summed E-state index contributed by atoms with van der Waals surface area (Å²) in [6.07, 6.45) is 2.35. The molecule has 0 aromatic heterocycles. The Morgan fingerprint density at radius 1 is 1.29 bits per heavy atom. The zero-order valence-corrected chi connectivity index (χ0v) is 10.7. The molecular weight excluding hydrogens is 212 g/mol. The fraction of sp³-hybridized carbons (Fsp3) is 0.571.